The minimum atomic E-state index is -3.33. The number of carbonyl (C=O) groups is 1. The number of sulfonamides is 1. The van der Waals surface area contributed by atoms with E-state index >= 15 is 0 Å². The maximum Gasteiger partial charge on any atom is 0.230 e. The fourth-order valence-corrected chi connectivity index (χ4v) is 3.67. The third kappa shape index (κ3) is 5.35. The molecule has 27 heavy (non-hydrogen) atoms. The summed E-state index contributed by atoms with van der Waals surface area (Å²) in [5.74, 6) is -0.774. The van der Waals surface area contributed by atoms with Gasteiger partial charge in [-0.1, -0.05) is 30.3 Å². The molecule has 0 bridgehead atoms. The van der Waals surface area contributed by atoms with Crippen molar-refractivity contribution in [1.82, 2.24) is 4.98 Å². The number of thiazole rings is 1. The van der Waals surface area contributed by atoms with E-state index in [1.165, 1.54) is 17.4 Å². The van der Waals surface area contributed by atoms with Gasteiger partial charge in [0.25, 0.3) is 0 Å². The van der Waals surface area contributed by atoms with Gasteiger partial charge in [-0.05, 0) is 23.8 Å². The van der Waals surface area contributed by atoms with E-state index < -0.39 is 15.8 Å². The number of anilines is 2. The minimum absolute atomic E-state index is 0.0759. The standard InChI is InChI=1S/C18H16FN3O3S2/c1-27(24,25)22-14-8-6-12(7-9-14)16-11-26-18(20-16)21-17(23)10-13-4-2-3-5-15(13)19/h2-9,11,22H,10H2,1H3,(H,20,21,23). The number of aromatic nitrogens is 1. The third-order valence-corrected chi connectivity index (χ3v) is 4.91. The molecule has 0 atom stereocenters. The van der Waals surface area contributed by atoms with Crippen LogP contribution in [-0.2, 0) is 21.2 Å². The maximum atomic E-state index is 13.6. The van der Waals surface area contributed by atoms with Crippen LogP contribution in [0.2, 0.25) is 0 Å². The molecule has 2 aromatic carbocycles. The summed E-state index contributed by atoms with van der Waals surface area (Å²) in [6.45, 7) is 0. The normalized spacial score (nSPS) is 11.2. The van der Waals surface area contributed by atoms with Crippen LogP contribution >= 0.6 is 11.3 Å². The van der Waals surface area contributed by atoms with E-state index in [0.717, 1.165) is 11.8 Å². The summed E-state index contributed by atoms with van der Waals surface area (Å²) < 4.78 is 38.5. The molecule has 3 aromatic rings. The van der Waals surface area contributed by atoms with Gasteiger partial charge in [0, 0.05) is 16.6 Å². The number of halogens is 1. The number of hydrogen-bond donors (Lipinski definition) is 2. The Bertz CT molecular complexity index is 1060. The van der Waals surface area contributed by atoms with Crippen molar-refractivity contribution < 1.29 is 17.6 Å². The first-order valence-corrected chi connectivity index (χ1v) is 10.6. The summed E-state index contributed by atoms with van der Waals surface area (Å²) in [6, 6.07) is 12.8. The van der Waals surface area contributed by atoms with Crippen LogP contribution in [0.3, 0.4) is 0 Å². The van der Waals surface area contributed by atoms with Gasteiger partial charge >= 0.3 is 0 Å². The van der Waals surface area contributed by atoms with Crippen LogP contribution in [0.4, 0.5) is 15.2 Å². The second-order valence-corrected chi connectivity index (χ2v) is 8.41. The Morgan fingerprint density at radius 2 is 1.85 bits per heavy atom. The van der Waals surface area contributed by atoms with E-state index in [9.17, 15) is 17.6 Å². The zero-order valence-electron chi connectivity index (χ0n) is 14.3. The molecule has 1 heterocycles. The van der Waals surface area contributed by atoms with Gasteiger partial charge in [0.2, 0.25) is 15.9 Å². The molecular formula is C18H16FN3O3S2. The molecule has 0 unspecified atom stereocenters. The zero-order valence-corrected chi connectivity index (χ0v) is 15.9. The van der Waals surface area contributed by atoms with Gasteiger partial charge in [-0.15, -0.1) is 11.3 Å². The molecule has 0 aliphatic rings. The zero-order chi connectivity index (χ0) is 19.4. The predicted octanol–water partition coefficient (Wildman–Crippen LogP) is 3.50. The second kappa shape index (κ2) is 7.85. The second-order valence-electron chi connectivity index (χ2n) is 5.81. The number of benzene rings is 2. The van der Waals surface area contributed by atoms with Gasteiger partial charge in [0.05, 0.1) is 18.4 Å². The number of rotatable bonds is 6. The maximum absolute atomic E-state index is 13.6. The fourth-order valence-electron chi connectivity index (χ4n) is 2.37. The van der Waals surface area contributed by atoms with E-state index in [4.69, 9.17) is 0 Å². The van der Waals surface area contributed by atoms with E-state index in [1.807, 2.05) is 0 Å². The third-order valence-electron chi connectivity index (χ3n) is 3.54. The van der Waals surface area contributed by atoms with E-state index in [-0.39, 0.29) is 12.3 Å². The number of nitrogens with one attached hydrogen (secondary N) is 2. The molecule has 2 N–H and O–H groups in total. The molecular weight excluding hydrogens is 389 g/mol. The Kier molecular flexibility index (Phi) is 5.52. The molecule has 6 nitrogen and oxygen atoms in total. The molecule has 1 aromatic heterocycles. The average molecular weight is 405 g/mol. The lowest BCUT2D eigenvalue weighted by molar-refractivity contribution is -0.115. The molecule has 0 aliphatic carbocycles. The number of hydrogen-bond acceptors (Lipinski definition) is 5. The van der Waals surface area contributed by atoms with Crippen LogP contribution in [-0.4, -0.2) is 25.6 Å². The molecule has 3 rings (SSSR count). The Hall–Kier alpha value is -2.78. The molecule has 0 fully saturated rings. The summed E-state index contributed by atoms with van der Waals surface area (Å²) in [4.78, 5) is 16.4. The highest BCUT2D eigenvalue weighted by Crippen LogP contribution is 2.26. The van der Waals surface area contributed by atoms with Gasteiger partial charge < -0.3 is 5.32 Å². The van der Waals surface area contributed by atoms with Gasteiger partial charge in [-0.2, -0.15) is 0 Å². The van der Waals surface area contributed by atoms with E-state index in [0.29, 0.717) is 22.1 Å². The summed E-state index contributed by atoms with van der Waals surface area (Å²) in [5.41, 5.74) is 2.20. The van der Waals surface area contributed by atoms with Crippen molar-refractivity contribution >= 4 is 38.1 Å². The number of carbonyl (C=O) groups excluding carboxylic acids is 1. The lowest BCUT2D eigenvalue weighted by atomic mass is 10.1. The van der Waals surface area contributed by atoms with Crippen molar-refractivity contribution in [2.24, 2.45) is 0 Å². The summed E-state index contributed by atoms with van der Waals surface area (Å²) in [5, 5.41) is 4.84. The van der Waals surface area contributed by atoms with Crippen molar-refractivity contribution in [3.8, 4) is 11.3 Å². The van der Waals surface area contributed by atoms with Crippen LogP contribution in [0.1, 0.15) is 5.56 Å². The van der Waals surface area contributed by atoms with Crippen molar-refractivity contribution in [2.45, 2.75) is 6.42 Å². The first kappa shape index (κ1) is 19.0. The van der Waals surface area contributed by atoms with Crippen LogP contribution in [0.25, 0.3) is 11.3 Å². The Morgan fingerprint density at radius 1 is 1.15 bits per heavy atom. The van der Waals surface area contributed by atoms with Crippen molar-refractivity contribution in [3.63, 3.8) is 0 Å². The first-order chi connectivity index (χ1) is 12.8. The molecule has 140 valence electrons. The monoisotopic (exact) mass is 405 g/mol. The first-order valence-electron chi connectivity index (χ1n) is 7.87. The van der Waals surface area contributed by atoms with Crippen molar-refractivity contribution in [3.05, 3.63) is 65.3 Å². The van der Waals surface area contributed by atoms with Crippen molar-refractivity contribution in [1.29, 1.82) is 0 Å². The van der Waals surface area contributed by atoms with Gasteiger partial charge in [-0.25, -0.2) is 17.8 Å². The molecule has 1 amide bonds. The van der Waals surface area contributed by atoms with E-state index in [1.54, 1.807) is 47.8 Å². The molecule has 0 saturated heterocycles. The highest BCUT2D eigenvalue weighted by molar-refractivity contribution is 7.92. The Balaban J connectivity index is 1.66. The summed E-state index contributed by atoms with van der Waals surface area (Å²) >= 11 is 1.25. The van der Waals surface area contributed by atoms with E-state index in [2.05, 4.69) is 15.0 Å². The number of amides is 1. The predicted molar refractivity (Wildman–Crippen MR) is 105 cm³/mol. The quantitative estimate of drug-likeness (QED) is 0.657. The van der Waals surface area contributed by atoms with Crippen LogP contribution in [0, 0.1) is 5.82 Å². The minimum Gasteiger partial charge on any atom is -0.302 e. The topological polar surface area (TPSA) is 88.2 Å². The van der Waals surface area contributed by atoms with Crippen LogP contribution in [0.15, 0.2) is 53.9 Å². The molecule has 0 aliphatic heterocycles. The lowest BCUT2D eigenvalue weighted by Gasteiger charge is -2.04. The summed E-state index contributed by atoms with van der Waals surface area (Å²) in [7, 11) is -3.33. The number of nitrogens with zero attached hydrogens (tertiary/aromatic N) is 1. The SMILES string of the molecule is CS(=O)(=O)Nc1ccc(-c2csc(NC(=O)Cc3ccccc3F)n2)cc1. The largest absolute Gasteiger partial charge is 0.302 e. The Morgan fingerprint density at radius 3 is 2.52 bits per heavy atom. The molecule has 0 saturated carbocycles. The average Bonchev–Trinajstić information content (AvgIpc) is 3.04. The highest BCUT2D eigenvalue weighted by atomic mass is 32.2. The van der Waals surface area contributed by atoms with Gasteiger partial charge in [0.1, 0.15) is 5.82 Å². The van der Waals surface area contributed by atoms with Crippen LogP contribution in [0.5, 0.6) is 0 Å². The smallest absolute Gasteiger partial charge is 0.230 e. The molecule has 9 heteroatoms. The van der Waals surface area contributed by atoms with Gasteiger partial charge in [0.15, 0.2) is 5.13 Å². The Labute approximate surface area is 160 Å². The molecule has 0 spiro atoms. The lowest BCUT2D eigenvalue weighted by Crippen LogP contribution is -2.15. The van der Waals surface area contributed by atoms with Crippen molar-refractivity contribution in [2.75, 3.05) is 16.3 Å². The highest BCUT2D eigenvalue weighted by Gasteiger charge is 2.11. The summed E-state index contributed by atoms with van der Waals surface area (Å²) in [6.07, 6.45) is 1.01. The van der Waals surface area contributed by atoms with Crippen LogP contribution < -0.4 is 10.0 Å². The molecule has 0 radical (unpaired) electrons. The fraction of sp³-hybridized carbons (Fsp3) is 0.111. The van der Waals surface area contributed by atoms with Gasteiger partial charge in [-0.3, -0.25) is 9.52 Å².